The first kappa shape index (κ1) is 14.9. The lowest BCUT2D eigenvalue weighted by molar-refractivity contribution is -0.141. The van der Waals surface area contributed by atoms with Crippen LogP contribution in [-0.2, 0) is 22.4 Å². The number of esters is 1. The zero-order valence-electron chi connectivity index (χ0n) is 12.0. The maximum Gasteiger partial charge on any atom is 0.309 e. The summed E-state index contributed by atoms with van der Waals surface area (Å²) in [6, 6.07) is 14.7. The summed E-state index contributed by atoms with van der Waals surface area (Å²) in [5.74, 6) is 0.0136. The second kappa shape index (κ2) is 6.41. The van der Waals surface area contributed by atoms with E-state index in [-0.39, 0.29) is 23.6 Å². The highest BCUT2D eigenvalue weighted by Crippen LogP contribution is 2.30. The first-order valence-electron chi connectivity index (χ1n) is 7.31. The van der Waals surface area contributed by atoms with Gasteiger partial charge in [0.2, 0.25) is 0 Å². The van der Waals surface area contributed by atoms with Crippen molar-refractivity contribution in [1.29, 1.82) is 0 Å². The topological polar surface area (TPSA) is 46.5 Å². The minimum absolute atomic E-state index is 0.133. The molecule has 1 heterocycles. The fourth-order valence-corrected chi connectivity index (χ4v) is 3.17. The molecule has 2 aromatic rings. The van der Waals surface area contributed by atoms with E-state index in [9.17, 15) is 9.90 Å². The third-order valence-electron chi connectivity index (χ3n) is 4.06. The van der Waals surface area contributed by atoms with E-state index in [0.29, 0.717) is 18.1 Å². The standard InChI is InChI=1S/C18H17ClO3/c19-15-5-1-3-12(8-15)7-14-11-22-18(21)17(14)10-13-4-2-6-16(20)9-13/h1-6,8-9,14,17,20H,7,10-11H2. The summed E-state index contributed by atoms with van der Waals surface area (Å²) in [5.41, 5.74) is 2.05. The van der Waals surface area contributed by atoms with E-state index in [1.807, 2.05) is 30.3 Å². The van der Waals surface area contributed by atoms with Crippen molar-refractivity contribution in [2.24, 2.45) is 11.8 Å². The van der Waals surface area contributed by atoms with Gasteiger partial charge in [-0.2, -0.15) is 0 Å². The van der Waals surface area contributed by atoms with Crippen molar-refractivity contribution in [1.82, 2.24) is 0 Å². The minimum atomic E-state index is -0.180. The summed E-state index contributed by atoms with van der Waals surface area (Å²) in [6.07, 6.45) is 1.34. The molecule has 0 aromatic heterocycles. The number of phenolic OH excluding ortho intramolecular Hbond substituents is 1. The smallest absolute Gasteiger partial charge is 0.309 e. The third kappa shape index (κ3) is 3.42. The molecule has 1 N–H and O–H groups in total. The normalized spacial score (nSPS) is 20.9. The summed E-state index contributed by atoms with van der Waals surface area (Å²) in [4.78, 5) is 12.0. The molecule has 22 heavy (non-hydrogen) atoms. The van der Waals surface area contributed by atoms with Gasteiger partial charge in [-0.15, -0.1) is 0 Å². The number of hydrogen-bond donors (Lipinski definition) is 1. The van der Waals surface area contributed by atoms with Crippen LogP contribution in [0.1, 0.15) is 11.1 Å². The van der Waals surface area contributed by atoms with Crippen LogP contribution in [-0.4, -0.2) is 17.7 Å². The Bertz CT molecular complexity index is 684. The van der Waals surface area contributed by atoms with Crippen LogP contribution in [0.15, 0.2) is 48.5 Å². The molecule has 0 bridgehead atoms. The van der Waals surface area contributed by atoms with E-state index in [4.69, 9.17) is 16.3 Å². The van der Waals surface area contributed by atoms with Crippen molar-refractivity contribution < 1.29 is 14.6 Å². The Morgan fingerprint density at radius 3 is 2.55 bits per heavy atom. The van der Waals surface area contributed by atoms with Gasteiger partial charge < -0.3 is 9.84 Å². The molecule has 4 heteroatoms. The molecule has 2 aromatic carbocycles. The fraction of sp³-hybridized carbons (Fsp3) is 0.278. The van der Waals surface area contributed by atoms with Gasteiger partial charge in [-0.25, -0.2) is 0 Å². The monoisotopic (exact) mass is 316 g/mol. The van der Waals surface area contributed by atoms with Crippen LogP contribution in [0.5, 0.6) is 5.75 Å². The Morgan fingerprint density at radius 2 is 1.82 bits per heavy atom. The summed E-state index contributed by atoms with van der Waals surface area (Å²) < 4.78 is 5.25. The second-order valence-electron chi connectivity index (χ2n) is 5.70. The fourth-order valence-electron chi connectivity index (χ4n) is 2.96. The predicted octanol–water partition coefficient (Wildman–Crippen LogP) is 3.62. The number of phenols is 1. The molecule has 1 saturated heterocycles. The summed E-state index contributed by atoms with van der Waals surface area (Å²) >= 11 is 6.02. The van der Waals surface area contributed by atoms with Gasteiger partial charge in [-0.05, 0) is 48.2 Å². The van der Waals surface area contributed by atoms with E-state index >= 15 is 0 Å². The summed E-state index contributed by atoms with van der Waals surface area (Å²) in [7, 11) is 0. The van der Waals surface area contributed by atoms with Gasteiger partial charge in [-0.3, -0.25) is 4.79 Å². The molecule has 1 aliphatic heterocycles. The quantitative estimate of drug-likeness (QED) is 0.876. The number of carbonyl (C=O) groups excluding carboxylic acids is 1. The van der Waals surface area contributed by atoms with E-state index in [0.717, 1.165) is 17.5 Å². The van der Waals surface area contributed by atoms with Crippen LogP contribution >= 0.6 is 11.6 Å². The van der Waals surface area contributed by atoms with Crippen LogP contribution in [0.2, 0.25) is 5.02 Å². The lowest BCUT2D eigenvalue weighted by atomic mass is 9.85. The van der Waals surface area contributed by atoms with Crippen LogP contribution in [0.4, 0.5) is 0 Å². The average molecular weight is 317 g/mol. The third-order valence-corrected chi connectivity index (χ3v) is 4.30. The van der Waals surface area contributed by atoms with Gasteiger partial charge in [-0.1, -0.05) is 35.9 Å². The van der Waals surface area contributed by atoms with E-state index in [2.05, 4.69) is 0 Å². The number of cyclic esters (lactones) is 1. The van der Waals surface area contributed by atoms with Gasteiger partial charge in [0.05, 0.1) is 12.5 Å². The van der Waals surface area contributed by atoms with E-state index < -0.39 is 0 Å². The maximum absolute atomic E-state index is 12.0. The van der Waals surface area contributed by atoms with Crippen LogP contribution < -0.4 is 0 Å². The SMILES string of the molecule is O=C1OCC(Cc2cccc(Cl)c2)C1Cc1cccc(O)c1. The Kier molecular flexibility index (Phi) is 4.34. The average Bonchev–Trinajstić information content (AvgIpc) is 2.80. The Hall–Kier alpha value is -2.00. The molecule has 0 saturated carbocycles. The van der Waals surface area contributed by atoms with Crippen molar-refractivity contribution in [3.63, 3.8) is 0 Å². The second-order valence-corrected chi connectivity index (χ2v) is 6.14. The molecular formula is C18H17ClO3. The lowest BCUT2D eigenvalue weighted by Gasteiger charge is -2.15. The highest BCUT2D eigenvalue weighted by molar-refractivity contribution is 6.30. The molecule has 1 fully saturated rings. The molecule has 0 spiro atoms. The number of benzene rings is 2. The Balaban J connectivity index is 1.74. The summed E-state index contributed by atoms with van der Waals surface area (Å²) in [5, 5.41) is 10.3. The minimum Gasteiger partial charge on any atom is -0.508 e. The Morgan fingerprint density at radius 1 is 1.09 bits per heavy atom. The summed E-state index contributed by atoms with van der Waals surface area (Å²) in [6.45, 7) is 0.439. The van der Waals surface area contributed by atoms with Crippen molar-refractivity contribution >= 4 is 17.6 Å². The van der Waals surface area contributed by atoms with Gasteiger partial charge in [0.1, 0.15) is 5.75 Å². The molecule has 3 nitrogen and oxygen atoms in total. The number of halogens is 1. The first-order valence-corrected chi connectivity index (χ1v) is 7.68. The van der Waals surface area contributed by atoms with Crippen molar-refractivity contribution in [3.05, 3.63) is 64.7 Å². The number of carbonyl (C=O) groups is 1. The van der Waals surface area contributed by atoms with Crippen molar-refractivity contribution in [3.8, 4) is 5.75 Å². The molecule has 2 unspecified atom stereocenters. The molecule has 114 valence electrons. The number of ether oxygens (including phenoxy) is 1. The zero-order valence-corrected chi connectivity index (χ0v) is 12.8. The largest absolute Gasteiger partial charge is 0.508 e. The lowest BCUT2D eigenvalue weighted by Crippen LogP contribution is -2.20. The highest BCUT2D eigenvalue weighted by atomic mass is 35.5. The van der Waals surface area contributed by atoms with Crippen LogP contribution in [0.25, 0.3) is 0 Å². The van der Waals surface area contributed by atoms with E-state index in [1.165, 1.54) is 0 Å². The maximum atomic E-state index is 12.0. The Labute approximate surface area is 134 Å². The van der Waals surface area contributed by atoms with Crippen LogP contribution in [0, 0.1) is 11.8 Å². The van der Waals surface area contributed by atoms with Crippen LogP contribution in [0.3, 0.4) is 0 Å². The number of hydrogen-bond acceptors (Lipinski definition) is 3. The van der Waals surface area contributed by atoms with Gasteiger partial charge in [0.15, 0.2) is 0 Å². The molecular weight excluding hydrogens is 300 g/mol. The van der Waals surface area contributed by atoms with Gasteiger partial charge in [0.25, 0.3) is 0 Å². The van der Waals surface area contributed by atoms with Crippen molar-refractivity contribution in [2.45, 2.75) is 12.8 Å². The van der Waals surface area contributed by atoms with Crippen molar-refractivity contribution in [2.75, 3.05) is 6.61 Å². The molecule has 2 atom stereocenters. The number of aromatic hydroxyl groups is 1. The highest BCUT2D eigenvalue weighted by Gasteiger charge is 2.36. The van der Waals surface area contributed by atoms with Gasteiger partial charge >= 0.3 is 5.97 Å². The molecule has 1 aliphatic rings. The molecule has 0 aliphatic carbocycles. The van der Waals surface area contributed by atoms with E-state index in [1.54, 1.807) is 18.2 Å². The first-order chi connectivity index (χ1) is 10.6. The number of rotatable bonds is 4. The zero-order chi connectivity index (χ0) is 15.5. The predicted molar refractivity (Wildman–Crippen MR) is 84.9 cm³/mol. The molecule has 0 radical (unpaired) electrons. The molecule has 3 rings (SSSR count). The van der Waals surface area contributed by atoms with Gasteiger partial charge in [0, 0.05) is 10.9 Å². The molecule has 0 amide bonds.